The maximum atomic E-state index is 9.73. The van der Waals surface area contributed by atoms with Crippen LogP contribution < -0.4 is 0 Å². The summed E-state index contributed by atoms with van der Waals surface area (Å²) in [5.74, 6) is 0.764. The van der Waals surface area contributed by atoms with Crippen LogP contribution in [0.1, 0.15) is 8.22 Å². The highest BCUT2D eigenvalue weighted by Gasteiger charge is 2.18. The van der Waals surface area contributed by atoms with Gasteiger partial charge in [-0.3, -0.25) is 0 Å². The Kier molecular flexibility index (Phi) is 6.84. The first-order chi connectivity index (χ1) is 29.8. The van der Waals surface area contributed by atoms with Crippen LogP contribution in [-0.2, 0) is 0 Å². The van der Waals surface area contributed by atoms with Gasteiger partial charge in [-0.2, -0.15) is 0 Å². The van der Waals surface area contributed by atoms with E-state index in [0.29, 0.717) is 42.9 Å². The first-order valence-electron chi connectivity index (χ1n) is 21.0. The van der Waals surface area contributed by atoms with Gasteiger partial charge in [-0.05, 0) is 68.7 Å². The normalized spacial score (nSPS) is 12.8. The number of fused-ring (bicyclic) bond motifs is 3. The Morgan fingerprint density at radius 3 is 1.55 bits per heavy atom. The molecule has 0 saturated heterocycles. The zero-order valence-corrected chi connectivity index (χ0v) is 30.2. The number of rotatable bonds is 7. The Balaban J connectivity index is 1.21. The SMILES string of the molecule is [2H]c1c([2H])c(-c2ccc(-c3ccccc3)cc2)c2c(sc3c([2H])c(-c4nc(-c5ccccc5)nc(-c5ccc(-c6ccccc6)cc5-c5ccccc5)n4)c([2H])c([2H])c32)c1[2H]. The quantitative estimate of drug-likeness (QED) is 0.164. The summed E-state index contributed by atoms with van der Waals surface area (Å²) in [6.07, 6.45) is 0. The lowest BCUT2D eigenvalue weighted by molar-refractivity contribution is 1.07. The third-order valence-corrected chi connectivity index (χ3v) is 10.7. The summed E-state index contributed by atoms with van der Waals surface area (Å²) in [5, 5.41) is 0.715. The van der Waals surface area contributed by atoms with E-state index in [1.165, 1.54) is 0 Å². The molecular formula is C51H33N3S. The van der Waals surface area contributed by atoms with Crippen LogP contribution in [0, 0.1) is 0 Å². The van der Waals surface area contributed by atoms with Crippen LogP contribution in [0.3, 0.4) is 0 Å². The maximum Gasteiger partial charge on any atom is 0.164 e. The largest absolute Gasteiger partial charge is 0.208 e. The van der Waals surface area contributed by atoms with Gasteiger partial charge >= 0.3 is 0 Å². The summed E-state index contributed by atoms with van der Waals surface area (Å²) in [6, 6.07) is 52.4. The van der Waals surface area contributed by atoms with Crippen molar-refractivity contribution in [2.45, 2.75) is 0 Å². The highest BCUT2D eigenvalue weighted by Crippen LogP contribution is 2.42. The Labute approximate surface area is 332 Å². The van der Waals surface area contributed by atoms with Crippen molar-refractivity contribution in [1.82, 2.24) is 15.0 Å². The molecule has 0 unspecified atom stereocenters. The second kappa shape index (κ2) is 14.1. The third kappa shape index (κ3) is 6.29. The van der Waals surface area contributed by atoms with E-state index >= 15 is 0 Å². The number of aromatic nitrogens is 3. The number of hydrogen-bond acceptors (Lipinski definition) is 4. The van der Waals surface area contributed by atoms with Gasteiger partial charge in [0, 0.05) is 36.9 Å². The Morgan fingerprint density at radius 2 is 0.873 bits per heavy atom. The topological polar surface area (TPSA) is 38.7 Å². The molecule has 55 heavy (non-hydrogen) atoms. The molecule has 0 aliphatic carbocycles. The van der Waals surface area contributed by atoms with Gasteiger partial charge in [-0.1, -0.05) is 176 Å². The summed E-state index contributed by atoms with van der Waals surface area (Å²) in [6.45, 7) is 0. The second-order valence-corrected chi connectivity index (χ2v) is 14.1. The molecule has 8 aromatic carbocycles. The fourth-order valence-electron chi connectivity index (χ4n) is 6.97. The maximum absolute atomic E-state index is 9.73. The number of hydrogen-bond donors (Lipinski definition) is 0. The molecule has 0 aliphatic heterocycles. The molecule has 0 spiro atoms. The monoisotopic (exact) mass is 725 g/mol. The molecule has 258 valence electrons. The summed E-state index contributed by atoms with van der Waals surface area (Å²) < 4.78 is 56.5. The molecule has 4 heteroatoms. The van der Waals surface area contributed by atoms with Crippen molar-refractivity contribution in [3.63, 3.8) is 0 Å². The van der Waals surface area contributed by atoms with Crippen LogP contribution in [0.4, 0.5) is 0 Å². The van der Waals surface area contributed by atoms with Gasteiger partial charge in [-0.25, -0.2) is 15.0 Å². The Bertz CT molecular complexity index is 3290. The van der Waals surface area contributed by atoms with Crippen molar-refractivity contribution < 1.29 is 8.22 Å². The first-order valence-corrected chi connectivity index (χ1v) is 18.8. The average molecular weight is 726 g/mol. The Morgan fingerprint density at radius 1 is 0.364 bits per heavy atom. The van der Waals surface area contributed by atoms with Gasteiger partial charge < -0.3 is 0 Å². The fraction of sp³-hybridized carbons (Fsp3) is 0. The number of nitrogens with zero attached hydrogens (tertiary/aromatic N) is 3. The lowest BCUT2D eigenvalue weighted by Crippen LogP contribution is -2.01. The lowest BCUT2D eigenvalue weighted by Gasteiger charge is -2.14. The van der Waals surface area contributed by atoms with Crippen molar-refractivity contribution in [3.05, 3.63) is 200 Å². The highest BCUT2D eigenvalue weighted by atomic mass is 32.1. The zero-order chi connectivity index (χ0) is 41.8. The molecule has 3 nitrogen and oxygen atoms in total. The van der Waals surface area contributed by atoms with Crippen molar-refractivity contribution in [2.75, 3.05) is 0 Å². The molecule has 0 radical (unpaired) electrons. The molecule has 0 fully saturated rings. The van der Waals surface area contributed by atoms with Gasteiger partial charge in [0.05, 0.1) is 8.22 Å². The van der Waals surface area contributed by atoms with Crippen LogP contribution in [0.15, 0.2) is 200 Å². The van der Waals surface area contributed by atoms with Gasteiger partial charge in [0.15, 0.2) is 17.5 Å². The molecule has 0 amide bonds. The summed E-state index contributed by atoms with van der Waals surface area (Å²) in [7, 11) is 0. The van der Waals surface area contributed by atoms with Crippen molar-refractivity contribution in [2.24, 2.45) is 0 Å². The predicted molar refractivity (Wildman–Crippen MR) is 231 cm³/mol. The number of thiophene rings is 1. The summed E-state index contributed by atoms with van der Waals surface area (Å²) >= 11 is 1.13. The highest BCUT2D eigenvalue weighted by molar-refractivity contribution is 7.26. The van der Waals surface area contributed by atoms with Gasteiger partial charge in [0.25, 0.3) is 0 Å². The molecule has 2 heterocycles. The molecule has 0 saturated carbocycles. The van der Waals surface area contributed by atoms with Crippen LogP contribution in [0.5, 0.6) is 0 Å². The fourth-order valence-corrected chi connectivity index (χ4v) is 7.99. The molecular weight excluding hydrogens is 687 g/mol. The standard InChI is InChI=1S/C51H33N3S/c1-5-14-34(15-6-1)36-24-26-38(27-25-36)42-22-13-23-46-48(42)44-31-29-41(33-47(44)55-46)50-52-49(39-20-11-4-12-21-39)53-51(54-50)43-30-28-40(35-16-7-2-8-17-35)32-45(43)37-18-9-3-10-19-37/h1-33H/i13D,22D,23D,29D,31D,33D. The summed E-state index contributed by atoms with van der Waals surface area (Å²) in [4.78, 5) is 14.9. The smallest absolute Gasteiger partial charge is 0.164 e. The minimum absolute atomic E-state index is 0.0598. The first kappa shape index (κ1) is 26.7. The molecule has 0 aliphatic rings. The minimum atomic E-state index is -0.255. The second-order valence-electron chi connectivity index (χ2n) is 13.1. The Hall–Kier alpha value is -7.01. The molecule has 0 bridgehead atoms. The van der Waals surface area contributed by atoms with E-state index in [1.54, 1.807) is 0 Å². The molecule has 0 N–H and O–H groups in total. The predicted octanol–water partition coefficient (Wildman–Crippen LogP) is 13.9. The van der Waals surface area contributed by atoms with Crippen LogP contribution in [-0.4, -0.2) is 15.0 Å². The van der Waals surface area contributed by atoms with E-state index in [-0.39, 0.29) is 47.6 Å². The lowest BCUT2D eigenvalue weighted by atomic mass is 9.94. The van der Waals surface area contributed by atoms with Crippen molar-refractivity contribution in [3.8, 4) is 78.7 Å². The van der Waals surface area contributed by atoms with E-state index in [1.807, 2.05) is 146 Å². The number of benzene rings is 8. The van der Waals surface area contributed by atoms with E-state index in [2.05, 4.69) is 18.2 Å². The van der Waals surface area contributed by atoms with Gasteiger partial charge in [0.2, 0.25) is 0 Å². The van der Waals surface area contributed by atoms with E-state index in [4.69, 9.17) is 19.1 Å². The van der Waals surface area contributed by atoms with Crippen LogP contribution in [0.25, 0.3) is 98.8 Å². The average Bonchev–Trinajstić information content (AvgIpc) is 3.72. The molecule has 10 aromatic rings. The van der Waals surface area contributed by atoms with Crippen LogP contribution >= 0.6 is 11.3 Å². The van der Waals surface area contributed by atoms with E-state index in [9.17, 15) is 4.11 Å². The van der Waals surface area contributed by atoms with Gasteiger partial charge in [0.1, 0.15) is 0 Å². The van der Waals surface area contributed by atoms with Crippen LogP contribution in [0.2, 0.25) is 0 Å². The van der Waals surface area contributed by atoms with Crippen molar-refractivity contribution in [1.29, 1.82) is 0 Å². The van der Waals surface area contributed by atoms with Gasteiger partial charge in [-0.15, -0.1) is 11.3 Å². The van der Waals surface area contributed by atoms with E-state index < -0.39 is 0 Å². The third-order valence-electron chi connectivity index (χ3n) is 9.70. The minimum Gasteiger partial charge on any atom is -0.208 e. The zero-order valence-electron chi connectivity index (χ0n) is 35.3. The van der Waals surface area contributed by atoms with E-state index in [0.717, 1.165) is 55.8 Å². The van der Waals surface area contributed by atoms with Crippen molar-refractivity contribution >= 4 is 31.5 Å². The molecule has 0 atom stereocenters. The molecule has 10 rings (SSSR count). The molecule has 2 aromatic heterocycles. The summed E-state index contributed by atoms with van der Waals surface area (Å²) in [5.41, 5.74) is 8.48.